The minimum absolute atomic E-state index is 0.135. The van der Waals surface area contributed by atoms with Crippen molar-refractivity contribution in [2.75, 3.05) is 5.73 Å². The zero-order valence-corrected chi connectivity index (χ0v) is 9.53. The number of carbonyl (C=O) groups is 1. The number of nitrogens with one attached hydrogen (secondary N) is 2. The van der Waals surface area contributed by atoms with Crippen molar-refractivity contribution in [2.24, 2.45) is 0 Å². The number of hydrogen-bond acceptors (Lipinski definition) is 3. The lowest BCUT2D eigenvalue weighted by Gasteiger charge is -2.07. The van der Waals surface area contributed by atoms with Gasteiger partial charge in [-0.1, -0.05) is 6.07 Å². The summed E-state index contributed by atoms with van der Waals surface area (Å²) in [4.78, 5) is 11.9. The lowest BCUT2D eigenvalue weighted by Crippen LogP contribution is -2.23. The summed E-state index contributed by atoms with van der Waals surface area (Å²) in [6.07, 6.45) is 1.65. The molecule has 0 saturated carbocycles. The van der Waals surface area contributed by atoms with E-state index in [1.165, 1.54) is 0 Å². The van der Waals surface area contributed by atoms with Gasteiger partial charge in [0.05, 0.1) is 12.2 Å². The normalized spacial score (nSPS) is 10.2. The summed E-state index contributed by atoms with van der Waals surface area (Å²) >= 11 is 0. The summed E-state index contributed by atoms with van der Waals surface area (Å²) in [7, 11) is 0. The zero-order chi connectivity index (χ0) is 12.3. The van der Waals surface area contributed by atoms with Crippen LogP contribution < -0.4 is 11.1 Å². The number of nitrogens with two attached hydrogens (primary N) is 1. The molecule has 4 N–H and O–H groups in total. The third kappa shape index (κ3) is 2.63. The molecule has 0 spiro atoms. The number of nitrogen functional groups attached to an aromatic ring is 1. The monoisotopic (exact) mass is 230 g/mol. The predicted octanol–water partition coefficient (Wildman–Crippen LogP) is 1.23. The molecule has 0 aliphatic rings. The van der Waals surface area contributed by atoms with Gasteiger partial charge in [-0.05, 0) is 30.7 Å². The molecule has 1 amide bonds. The van der Waals surface area contributed by atoms with Crippen molar-refractivity contribution < 1.29 is 4.79 Å². The number of carbonyl (C=O) groups excluding carboxylic acids is 1. The van der Waals surface area contributed by atoms with Crippen LogP contribution in [0.25, 0.3) is 0 Å². The molecule has 0 atom stereocenters. The molecule has 17 heavy (non-hydrogen) atoms. The summed E-state index contributed by atoms with van der Waals surface area (Å²) in [5.41, 5.74) is 8.61. The van der Waals surface area contributed by atoms with Gasteiger partial charge in [0.1, 0.15) is 0 Å². The van der Waals surface area contributed by atoms with Gasteiger partial charge in [-0.15, -0.1) is 0 Å². The molecule has 1 heterocycles. The van der Waals surface area contributed by atoms with E-state index in [2.05, 4.69) is 15.5 Å². The fraction of sp³-hybridized carbons (Fsp3) is 0.167. The van der Waals surface area contributed by atoms with Crippen molar-refractivity contribution >= 4 is 11.6 Å². The fourth-order valence-corrected chi connectivity index (χ4v) is 1.54. The van der Waals surface area contributed by atoms with Gasteiger partial charge in [0.25, 0.3) is 5.91 Å². The zero-order valence-electron chi connectivity index (χ0n) is 9.53. The standard InChI is InChI=1S/C12H14N4O/c1-8-2-3-9(13)6-11(8)12(17)14-7-10-4-5-15-16-10/h2-6H,7,13H2,1H3,(H,14,17)(H,15,16). The van der Waals surface area contributed by atoms with Crippen LogP contribution in [0.2, 0.25) is 0 Å². The van der Waals surface area contributed by atoms with Crippen molar-refractivity contribution in [2.45, 2.75) is 13.5 Å². The maximum absolute atomic E-state index is 11.9. The summed E-state index contributed by atoms with van der Waals surface area (Å²) in [6.45, 7) is 2.30. The average molecular weight is 230 g/mol. The molecule has 0 aliphatic carbocycles. The molecule has 0 unspecified atom stereocenters. The number of aryl methyl sites for hydroxylation is 1. The number of anilines is 1. The van der Waals surface area contributed by atoms with Gasteiger partial charge >= 0.3 is 0 Å². The van der Waals surface area contributed by atoms with Crippen molar-refractivity contribution in [1.82, 2.24) is 15.5 Å². The third-order valence-corrected chi connectivity index (χ3v) is 2.50. The molecule has 0 fully saturated rings. The van der Waals surface area contributed by atoms with E-state index >= 15 is 0 Å². The Morgan fingerprint density at radius 3 is 3.00 bits per heavy atom. The molecular weight excluding hydrogens is 216 g/mol. The van der Waals surface area contributed by atoms with Crippen LogP contribution >= 0.6 is 0 Å². The average Bonchev–Trinajstić information content (AvgIpc) is 2.82. The Hall–Kier alpha value is -2.30. The number of hydrogen-bond donors (Lipinski definition) is 3. The van der Waals surface area contributed by atoms with Crippen LogP contribution in [0.4, 0.5) is 5.69 Å². The first-order valence-electron chi connectivity index (χ1n) is 5.29. The largest absolute Gasteiger partial charge is 0.399 e. The van der Waals surface area contributed by atoms with Crippen LogP contribution in [-0.4, -0.2) is 16.1 Å². The van der Waals surface area contributed by atoms with Gasteiger partial charge in [0.2, 0.25) is 0 Å². The Bertz CT molecular complexity index is 519. The number of H-pyrrole nitrogens is 1. The highest BCUT2D eigenvalue weighted by Crippen LogP contribution is 2.12. The molecule has 0 aliphatic heterocycles. The summed E-state index contributed by atoms with van der Waals surface area (Å²) in [5, 5.41) is 9.39. The van der Waals surface area contributed by atoms with Crippen LogP contribution in [0.1, 0.15) is 21.6 Å². The molecule has 0 bridgehead atoms. The molecule has 1 aromatic heterocycles. The highest BCUT2D eigenvalue weighted by atomic mass is 16.1. The number of nitrogens with zero attached hydrogens (tertiary/aromatic N) is 1. The molecule has 5 heteroatoms. The molecule has 0 saturated heterocycles. The Morgan fingerprint density at radius 2 is 2.29 bits per heavy atom. The number of amides is 1. The van der Waals surface area contributed by atoms with E-state index in [-0.39, 0.29) is 5.91 Å². The van der Waals surface area contributed by atoms with E-state index in [4.69, 9.17) is 5.73 Å². The van der Waals surface area contributed by atoms with Crippen LogP contribution in [0.5, 0.6) is 0 Å². The summed E-state index contributed by atoms with van der Waals surface area (Å²) < 4.78 is 0. The van der Waals surface area contributed by atoms with E-state index in [0.29, 0.717) is 17.8 Å². The SMILES string of the molecule is Cc1ccc(N)cc1C(=O)NCc1ccn[nH]1. The first-order valence-corrected chi connectivity index (χ1v) is 5.29. The number of aromatic nitrogens is 2. The lowest BCUT2D eigenvalue weighted by atomic mass is 10.1. The summed E-state index contributed by atoms with van der Waals surface area (Å²) in [5.74, 6) is -0.135. The topological polar surface area (TPSA) is 83.8 Å². The van der Waals surface area contributed by atoms with Crippen LogP contribution in [-0.2, 0) is 6.54 Å². The molecule has 2 aromatic rings. The van der Waals surface area contributed by atoms with E-state index in [1.807, 2.05) is 19.1 Å². The van der Waals surface area contributed by atoms with E-state index in [0.717, 1.165) is 11.3 Å². The van der Waals surface area contributed by atoms with Gasteiger partial charge in [0, 0.05) is 17.4 Å². The quantitative estimate of drug-likeness (QED) is 0.693. The second-order valence-electron chi connectivity index (χ2n) is 3.84. The first kappa shape index (κ1) is 11.2. The third-order valence-electron chi connectivity index (χ3n) is 2.50. The molecule has 88 valence electrons. The van der Waals surface area contributed by atoms with E-state index in [9.17, 15) is 4.79 Å². The van der Waals surface area contributed by atoms with Crippen molar-refractivity contribution in [3.63, 3.8) is 0 Å². The first-order chi connectivity index (χ1) is 8.16. The van der Waals surface area contributed by atoms with E-state index < -0.39 is 0 Å². The van der Waals surface area contributed by atoms with Crippen molar-refractivity contribution in [3.8, 4) is 0 Å². The maximum Gasteiger partial charge on any atom is 0.251 e. The lowest BCUT2D eigenvalue weighted by molar-refractivity contribution is 0.0950. The van der Waals surface area contributed by atoms with Crippen molar-refractivity contribution in [3.05, 3.63) is 47.3 Å². The Morgan fingerprint density at radius 1 is 1.47 bits per heavy atom. The molecular formula is C12H14N4O. The second kappa shape index (κ2) is 4.69. The van der Waals surface area contributed by atoms with Gasteiger partial charge in [-0.25, -0.2) is 0 Å². The van der Waals surface area contributed by atoms with Gasteiger partial charge in [0.15, 0.2) is 0 Å². The van der Waals surface area contributed by atoms with Crippen molar-refractivity contribution in [1.29, 1.82) is 0 Å². The predicted molar refractivity (Wildman–Crippen MR) is 65.3 cm³/mol. The van der Waals surface area contributed by atoms with E-state index in [1.54, 1.807) is 18.3 Å². The highest BCUT2D eigenvalue weighted by Gasteiger charge is 2.09. The smallest absolute Gasteiger partial charge is 0.251 e. The van der Waals surface area contributed by atoms with Crippen LogP contribution in [0.3, 0.4) is 0 Å². The minimum atomic E-state index is -0.135. The Balaban J connectivity index is 2.07. The highest BCUT2D eigenvalue weighted by molar-refractivity contribution is 5.96. The minimum Gasteiger partial charge on any atom is -0.399 e. The fourth-order valence-electron chi connectivity index (χ4n) is 1.54. The van der Waals surface area contributed by atoms with Crippen LogP contribution in [0.15, 0.2) is 30.5 Å². The molecule has 5 nitrogen and oxygen atoms in total. The Kier molecular flexibility index (Phi) is 3.09. The summed E-state index contributed by atoms with van der Waals surface area (Å²) in [6, 6.07) is 7.10. The number of aromatic amines is 1. The van der Waals surface area contributed by atoms with Gasteiger partial charge in [-0.2, -0.15) is 5.10 Å². The van der Waals surface area contributed by atoms with Crippen LogP contribution in [0, 0.1) is 6.92 Å². The van der Waals surface area contributed by atoms with Gasteiger partial charge in [-0.3, -0.25) is 9.89 Å². The maximum atomic E-state index is 11.9. The molecule has 0 radical (unpaired) electrons. The number of benzene rings is 1. The molecule has 2 rings (SSSR count). The Labute approximate surface area is 99.0 Å². The molecule has 1 aromatic carbocycles. The number of rotatable bonds is 3. The second-order valence-corrected chi connectivity index (χ2v) is 3.84. The van der Waals surface area contributed by atoms with Gasteiger partial charge < -0.3 is 11.1 Å².